The van der Waals surface area contributed by atoms with Gasteiger partial charge in [-0.2, -0.15) is 0 Å². The second kappa shape index (κ2) is 9.14. The second-order valence-corrected chi connectivity index (χ2v) is 8.01. The lowest BCUT2D eigenvalue weighted by Crippen LogP contribution is -2.31. The lowest BCUT2D eigenvalue weighted by atomic mass is 10.1. The summed E-state index contributed by atoms with van der Waals surface area (Å²) in [4.78, 5) is 29.9. The molecule has 0 spiro atoms. The number of nitrogens with one attached hydrogen (secondary N) is 1. The van der Waals surface area contributed by atoms with Crippen molar-refractivity contribution in [2.24, 2.45) is 0 Å². The van der Waals surface area contributed by atoms with Crippen LogP contribution in [0.15, 0.2) is 72.8 Å². The van der Waals surface area contributed by atoms with Gasteiger partial charge in [0.15, 0.2) is 0 Å². The van der Waals surface area contributed by atoms with Gasteiger partial charge in [0.25, 0.3) is 5.91 Å². The van der Waals surface area contributed by atoms with E-state index < -0.39 is 0 Å². The van der Waals surface area contributed by atoms with Crippen molar-refractivity contribution in [1.29, 1.82) is 0 Å². The Morgan fingerprint density at radius 2 is 1.58 bits per heavy atom. The zero-order valence-electron chi connectivity index (χ0n) is 18.0. The van der Waals surface area contributed by atoms with Gasteiger partial charge in [-0.05, 0) is 50.2 Å². The third-order valence-corrected chi connectivity index (χ3v) is 5.64. The van der Waals surface area contributed by atoms with Crippen molar-refractivity contribution in [2.75, 3.05) is 30.4 Å². The van der Waals surface area contributed by atoms with Gasteiger partial charge in [0.05, 0.1) is 22.6 Å². The van der Waals surface area contributed by atoms with E-state index in [1.165, 1.54) is 11.1 Å². The van der Waals surface area contributed by atoms with Gasteiger partial charge in [-0.1, -0.05) is 54.1 Å². The van der Waals surface area contributed by atoms with E-state index in [0.717, 1.165) is 13.0 Å². The molecular weight excluding hydrogens is 386 g/mol. The monoisotopic (exact) mass is 413 g/mol. The predicted molar refractivity (Wildman–Crippen MR) is 125 cm³/mol. The molecule has 1 heterocycles. The average molecular weight is 414 g/mol. The minimum absolute atomic E-state index is 0.0291. The number of benzene rings is 3. The van der Waals surface area contributed by atoms with Crippen molar-refractivity contribution in [3.8, 4) is 0 Å². The molecule has 1 N–H and O–H groups in total. The number of para-hydroxylation sites is 3. The van der Waals surface area contributed by atoms with Crippen LogP contribution >= 0.6 is 0 Å². The number of rotatable bonds is 6. The Morgan fingerprint density at radius 3 is 2.35 bits per heavy atom. The largest absolute Gasteiger partial charge is 0.320 e. The van der Waals surface area contributed by atoms with Crippen LogP contribution in [0.1, 0.15) is 27.9 Å². The highest BCUT2D eigenvalue weighted by Crippen LogP contribution is 2.38. The van der Waals surface area contributed by atoms with Gasteiger partial charge >= 0.3 is 0 Å². The fourth-order valence-corrected chi connectivity index (χ4v) is 3.81. The molecule has 1 aliphatic heterocycles. The summed E-state index contributed by atoms with van der Waals surface area (Å²) in [7, 11) is 2.04. The first kappa shape index (κ1) is 20.8. The summed E-state index contributed by atoms with van der Waals surface area (Å²) in [6.07, 6.45) is 1.31. The van der Waals surface area contributed by atoms with E-state index in [9.17, 15) is 9.59 Å². The van der Waals surface area contributed by atoms with Crippen molar-refractivity contribution in [3.63, 3.8) is 0 Å². The van der Waals surface area contributed by atoms with E-state index in [0.29, 0.717) is 35.6 Å². The number of likely N-dealkylation sites (N-methyl/N-ethyl adjacent to an activating group) is 1. The Morgan fingerprint density at radius 1 is 0.903 bits per heavy atom. The van der Waals surface area contributed by atoms with Crippen LogP contribution in [-0.2, 0) is 11.2 Å². The van der Waals surface area contributed by atoms with E-state index >= 15 is 0 Å². The van der Waals surface area contributed by atoms with Crippen molar-refractivity contribution < 1.29 is 9.59 Å². The molecule has 5 nitrogen and oxygen atoms in total. The summed E-state index contributed by atoms with van der Waals surface area (Å²) < 4.78 is 0. The fraction of sp³-hybridized carbons (Fsp3) is 0.231. The molecule has 0 saturated carbocycles. The molecule has 4 rings (SSSR count). The Hall–Kier alpha value is -3.44. The van der Waals surface area contributed by atoms with E-state index in [2.05, 4.69) is 41.4 Å². The molecule has 0 radical (unpaired) electrons. The van der Waals surface area contributed by atoms with Gasteiger partial charge in [0.1, 0.15) is 0 Å². The van der Waals surface area contributed by atoms with Crippen LogP contribution in [0, 0.1) is 6.92 Å². The molecule has 3 aromatic carbocycles. The van der Waals surface area contributed by atoms with Gasteiger partial charge in [0.2, 0.25) is 5.91 Å². The molecule has 0 atom stereocenters. The van der Waals surface area contributed by atoms with Crippen LogP contribution in [0.3, 0.4) is 0 Å². The van der Waals surface area contributed by atoms with Crippen LogP contribution in [0.5, 0.6) is 0 Å². The van der Waals surface area contributed by atoms with Gasteiger partial charge in [0, 0.05) is 19.5 Å². The van der Waals surface area contributed by atoms with Crippen molar-refractivity contribution >= 4 is 28.9 Å². The highest BCUT2D eigenvalue weighted by Gasteiger charge is 2.28. The maximum atomic E-state index is 13.4. The molecule has 5 heteroatoms. The molecular formula is C26H27N3O2. The molecule has 0 unspecified atom stereocenters. The summed E-state index contributed by atoms with van der Waals surface area (Å²) >= 11 is 0. The number of fused-ring (bicyclic) bond motifs is 2. The Balaban J connectivity index is 1.48. The van der Waals surface area contributed by atoms with Gasteiger partial charge < -0.3 is 10.2 Å². The second-order valence-electron chi connectivity index (χ2n) is 8.01. The minimum Gasteiger partial charge on any atom is -0.320 e. The molecule has 0 aromatic heterocycles. The summed E-state index contributed by atoms with van der Waals surface area (Å²) in [5.41, 5.74) is 5.02. The number of nitrogens with zero attached hydrogens (tertiary/aromatic N) is 2. The Bertz CT molecular complexity index is 1090. The summed E-state index contributed by atoms with van der Waals surface area (Å²) in [5, 5.41) is 2.93. The molecule has 3 aromatic rings. The average Bonchev–Trinajstić information content (AvgIpc) is 2.91. The van der Waals surface area contributed by atoms with Crippen molar-refractivity contribution in [1.82, 2.24) is 4.90 Å². The lowest BCUT2D eigenvalue weighted by Gasteiger charge is -2.25. The normalized spacial score (nSPS) is 12.7. The third-order valence-electron chi connectivity index (χ3n) is 5.64. The topological polar surface area (TPSA) is 52.7 Å². The van der Waals surface area contributed by atoms with Crippen molar-refractivity contribution in [3.05, 3.63) is 89.5 Å². The number of hydrogen-bond acceptors (Lipinski definition) is 3. The molecule has 1 aliphatic rings. The van der Waals surface area contributed by atoms with Crippen molar-refractivity contribution in [2.45, 2.75) is 19.8 Å². The number of hydrogen-bond donors (Lipinski definition) is 1. The number of carbonyl (C=O) groups excluding carboxylic acids is 2. The summed E-state index contributed by atoms with van der Waals surface area (Å²) in [6, 6.07) is 23.3. The molecule has 0 fully saturated rings. The van der Waals surface area contributed by atoms with Crippen LogP contribution in [0.25, 0.3) is 0 Å². The SMILES string of the molecule is Cc1ccc(CCN(C)CCC(=O)N2c3ccccc3NC(=O)c3ccccc32)cc1. The standard InChI is InChI=1S/C26H27N3O2/c1-19-11-13-20(14-12-19)15-17-28(2)18-16-25(30)29-23-9-5-3-7-21(23)26(31)27-22-8-4-6-10-24(22)29/h3-14H,15-18H2,1-2H3,(H,27,31). The van der Waals surface area contributed by atoms with E-state index in [1.54, 1.807) is 11.0 Å². The first-order valence-electron chi connectivity index (χ1n) is 10.6. The molecule has 2 amide bonds. The quantitative estimate of drug-likeness (QED) is 0.632. The fourth-order valence-electron chi connectivity index (χ4n) is 3.81. The highest BCUT2D eigenvalue weighted by molar-refractivity contribution is 6.17. The molecule has 158 valence electrons. The van der Waals surface area contributed by atoms with Gasteiger partial charge in [-0.15, -0.1) is 0 Å². The maximum Gasteiger partial charge on any atom is 0.257 e. The molecule has 0 aliphatic carbocycles. The molecule has 0 bridgehead atoms. The number of amides is 2. The Kier molecular flexibility index (Phi) is 6.14. The highest BCUT2D eigenvalue weighted by atomic mass is 16.2. The molecule has 0 saturated heterocycles. The summed E-state index contributed by atoms with van der Waals surface area (Å²) in [5.74, 6) is -0.229. The first-order chi connectivity index (χ1) is 15.0. The van der Waals surface area contributed by atoms with E-state index in [-0.39, 0.29) is 11.8 Å². The first-order valence-corrected chi connectivity index (χ1v) is 10.6. The van der Waals surface area contributed by atoms with E-state index in [4.69, 9.17) is 0 Å². The van der Waals surface area contributed by atoms with Crippen LogP contribution in [-0.4, -0.2) is 36.9 Å². The zero-order valence-corrected chi connectivity index (χ0v) is 18.0. The predicted octanol–water partition coefficient (Wildman–Crippen LogP) is 4.79. The number of anilines is 3. The molecule has 31 heavy (non-hydrogen) atoms. The number of carbonyl (C=O) groups is 2. The third kappa shape index (κ3) is 4.67. The maximum absolute atomic E-state index is 13.4. The minimum atomic E-state index is -0.200. The van der Waals surface area contributed by atoms with Gasteiger partial charge in [-0.25, -0.2) is 0 Å². The Labute approximate surface area is 183 Å². The zero-order chi connectivity index (χ0) is 21.8. The lowest BCUT2D eigenvalue weighted by molar-refractivity contribution is -0.118. The van der Waals surface area contributed by atoms with E-state index in [1.807, 2.05) is 49.5 Å². The van der Waals surface area contributed by atoms with Crippen LogP contribution in [0.2, 0.25) is 0 Å². The number of aryl methyl sites for hydroxylation is 1. The smallest absolute Gasteiger partial charge is 0.257 e. The van der Waals surface area contributed by atoms with Crippen LogP contribution < -0.4 is 10.2 Å². The summed E-state index contributed by atoms with van der Waals surface area (Å²) in [6.45, 7) is 3.61. The van der Waals surface area contributed by atoms with Gasteiger partial charge in [-0.3, -0.25) is 14.5 Å². The van der Waals surface area contributed by atoms with Crippen LogP contribution in [0.4, 0.5) is 17.1 Å².